The molecule has 0 fully saturated rings. The average molecular weight is 622 g/mol. The molecule has 44 heavy (non-hydrogen) atoms. The molecule has 0 aliphatic carbocycles. The molecule has 4 rings (SSSR count). The van der Waals surface area contributed by atoms with Crippen molar-refractivity contribution >= 4 is 27.5 Å². The fourth-order valence-corrected chi connectivity index (χ4v) is 5.37. The molecular formula is C32H32FN3O7S. The lowest BCUT2D eigenvalue weighted by atomic mass is 10.0. The lowest BCUT2D eigenvalue weighted by Gasteiger charge is -2.31. The van der Waals surface area contributed by atoms with Crippen molar-refractivity contribution < 1.29 is 37.0 Å². The number of anilines is 1. The Morgan fingerprint density at radius 3 is 2.14 bits per heavy atom. The van der Waals surface area contributed by atoms with Gasteiger partial charge in [-0.3, -0.25) is 14.3 Å². The van der Waals surface area contributed by atoms with Gasteiger partial charge >= 0.3 is 0 Å². The summed E-state index contributed by atoms with van der Waals surface area (Å²) in [7, 11) is -2.42. The lowest BCUT2D eigenvalue weighted by Crippen LogP contribution is -2.45. The molecule has 0 aromatic heterocycles. The SMILES string of the molecule is COc1ccc(CN(C(=O)COc2ccc(S(=O)(=O)Nc3ccc(F)cc3)cc2)[C@@H](C(=O)NCCO)c2ccccc2)cc1. The molecule has 1 atom stereocenters. The van der Waals surface area contributed by atoms with E-state index in [1.807, 2.05) is 0 Å². The van der Waals surface area contributed by atoms with Gasteiger partial charge in [-0.15, -0.1) is 0 Å². The summed E-state index contributed by atoms with van der Waals surface area (Å²) in [5, 5.41) is 11.9. The van der Waals surface area contributed by atoms with Crippen molar-refractivity contribution in [2.24, 2.45) is 0 Å². The molecule has 0 spiro atoms. The molecule has 0 saturated heterocycles. The summed E-state index contributed by atoms with van der Waals surface area (Å²) in [5.74, 6) is -0.621. The molecule has 0 aliphatic rings. The van der Waals surface area contributed by atoms with E-state index in [1.54, 1.807) is 61.7 Å². The molecule has 10 nitrogen and oxygen atoms in total. The third-order valence-corrected chi connectivity index (χ3v) is 7.91. The maximum Gasteiger partial charge on any atom is 0.261 e. The van der Waals surface area contributed by atoms with Gasteiger partial charge in [-0.25, -0.2) is 12.8 Å². The second-order valence-corrected chi connectivity index (χ2v) is 11.3. The van der Waals surface area contributed by atoms with Crippen molar-refractivity contribution in [2.45, 2.75) is 17.5 Å². The molecule has 4 aromatic rings. The Hall–Kier alpha value is -4.94. The third-order valence-electron chi connectivity index (χ3n) is 6.51. The number of carbonyl (C=O) groups excluding carboxylic acids is 2. The van der Waals surface area contributed by atoms with Gasteiger partial charge in [0.15, 0.2) is 6.61 Å². The topological polar surface area (TPSA) is 134 Å². The second kappa shape index (κ2) is 15.0. The average Bonchev–Trinajstić information content (AvgIpc) is 3.04. The van der Waals surface area contributed by atoms with Gasteiger partial charge in [-0.1, -0.05) is 42.5 Å². The van der Waals surface area contributed by atoms with Gasteiger partial charge in [0.25, 0.3) is 15.9 Å². The minimum atomic E-state index is -3.96. The number of nitrogens with zero attached hydrogens (tertiary/aromatic N) is 1. The predicted octanol–water partition coefficient (Wildman–Crippen LogP) is 3.89. The number of methoxy groups -OCH3 is 1. The van der Waals surface area contributed by atoms with E-state index in [0.29, 0.717) is 11.3 Å². The zero-order valence-corrected chi connectivity index (χ0v) is 24.7. The minimum Gasteiger partial charge on any atom is -0.497 e. The molecule has 2 amide bonds. The van der Waals surface area contributed by atoms with E-state index >= 15 is 0 Å². The fourth-order valence-electron chi connectivity index (χ4n) is 4.31. The molecule has 0 saturated carbocycles. The molecule has 0 radical (unpaired) electrons. The Balaban J connectivity index is 1.54. The predicted molar refractivity (Wildman–Crippen MR) is 162 cm³/mol. The van der Waals surface area contributed by atoms with Crippen molar-refractivity contribution in [3.8, 4) is 11.5 Å². The Kier molecular flexibility index (Phi) is 10.9. The van der Waals surface area contributed by atoms with E-state index in [1.165, 1.54) is 41.3 Å². The summed E-state index contributed by atoms with van der Waals surface area (Å²) in [6.07, 6.45) is 0. The molecule has 3 N–H and O–H groups in total. The number of ether oxygens (including phenoxy) is 2. The van der Waals surface area contributed by atoms with Gasteiger partial charge < -0.3 is 24.8 Å². The van der Waals surface area contributed by atoms with E-state index in [4.69, 9.17) is 9.47 Å². The Labute approximate surface area is 255 Å². The highest BCUT2D eigenvalue weighted by molar-refractivity contribution is 7.92. The fraction of sp³-hybridized carbons (Fsp3) is 0.188. The van der Waals surface area contributed by atoms with E-state index in [2.05, 4.69) is 10.0 Å². The quantitative estimate of drug-likeness (QED) is 0.195. The molecule has 230 valence electrons. The van der Waals surface area contributed by atoms with Gasteiger partial charge in [0, 0.05) is 18.8 Å². The highest BCUT2D eigenvalue weighted by Gasteiger charge is 2.31. The lowest BCUT2D eigenvalue weighted by molar-refractivity contribution is -0.143. The monoisotopic (exact) mass is 621 g/mol. The summed E-state index contributed by atoms with van der Waals surface area (Å²) >= 11 is 0. The molecule has 0 heterocycles. The molecule has 0 bridgehead atoms. The normalized spacial score (nSPS) is 11.7. The van der Waals surface area contributed by atoms with Crippen LogP contribution in [0.5, 0.6) is 11.5 Å². The summed E-state index contributed by atoms with van der Waals surface area (Å²) in [5.41, 5.74) is 1.50. The van der Waals surface area contributed by atoms with Crippen LogP contribution < -0.4 is 19.5 Å². The van der Waals surface area contributed by atoms with Gasteiger partial charge in [-0.05, 0) is 71.8 Å². The van der Waals surface area contributed by atoms with Crippen molar-refractivity contribution in [1.82, 2.24) is 10.2 Å². The van der Waals surface area contributed by atoms with Crippen LogP contribution >= 0.6 is 0 Å². The van der Waals surface area contributed by atoms with Gasteiger partial charge in [-0.2, -0.15) is 0 Å². The van der Waals surface area contributed by atoms with Crippen LogP contribution in [0.3, 0.4) is 0 Å². The van der Waals surface area contributed by atoms with Crippen molar-refractivity contribution in [2.75, 3.05) is 31.6 Å². The summed E-state index contributed by atoms with van der Waals surface area (Å²) in [6.45, 7) is -0.653. The number of amides is 2. The zero-order chi connectivity index (χ0) is 31.5. The summed E-state index contributed by atoms with van der Waals surface area (Å²) in [4.78, 5) is 28.4. The first kappa shape index (κ1) is 32.0. The molecule has 0 unspecified atom stereocenters. The van der Waals surface area contributed by atoms with Gasteiger partial charge in [0.2, 0.25) is 5.91 Å². The van der Waals surface area contributed by atoms with Crippen LogP contribution in [0.2, 0.25) is 0 Å². The molecule has 12 heteroatoms. The van der Waals surface area contributed by atoms with Crippen LogP contribution in [-0.4, -0.2) is 57.1 Å². The zero-order valence-electron chi connectivity index (χ0n) is 23.9. The van der Waals surface area contributed by atoms with Crippen molar-refractivity contribution in [1.29, 1.82) is 0 Å². The number of nitrogens with one attached hydrogen (secondary N) is 2. The Morgan fingerprint density at radius 2 is 1.52 bits per heavy atom. The number of hydrogen-bond donors (Lipinski definition) is 3. The highest BCUT2D eigenvalue weighted by atomic mass is 32.2. The smallest absolute Gasteiger partial charge is 0.261 e. The van der Waals surface area contributed by atoms with Crippen LogP contribution in [0.1, 0.15) is 17.2 Å². The van der Waals surface area contributed by atoms with Gasteiger partial charge in [0.05, 0.1) is 18.6 Å². The highest BCUT2D eigenvalue weighted by Crippen LogP contribution is 2.26. The van der Waals surface area contributed by atoms with Gasteiger partial charge in [0.1, 0.15) is 23.4 Å². The Bertz CT molecular complexity index is 1630. The number of hydrogen-bond acceptors (Lipinski definition) is 7. The van der Waals surface area contributed by atoms with Crippen LogP contribution in [0, 0.1) is 5.82 Å². The third kappa shape index (κ3) is 8.55. The van der Waals surface area contributed by atoms with E-state index in [-0.39, 0.29) is 36.0 Å². The largest absolute Gasteiger partial charge is 0.497 e. The van der Waals surface area contributed by atoms with Crippen LogP contribution in [-0.2, 0) is 26.2 Å². The molecular weight excluding hydrogens is 589 g/mol. The number of halogens is 1. The number of aliphatic hydroxyl groups excluding tert-OH is 1. The number of aliphatic hydroxyl groups is 1. The Morgan fingerprint density at radius 1 is 0.886 bits per heavy atom. The summed E-state index contributed by atoms with van der Waals surface area (Å²) in [6, 6.07) is 25.1. The first-order chi connectivity index (χ1) is 21.2. The van der Waals surface area contributed by atoms with Crippen molar-refractivity contribution in [3.05, 3.63) is 120 Å². The first-order valence-corrected chi connectivity index (χ1v) is 15.1. The standard InChI is InChI=1S/C32H32FN3O7S/c1-42-27-13-7-23(8-14-27)21-36(31(32(39)34-19-20-37)24-5-3-2-4-6-24)30(38)22-43-28-15-17-29(18-16-28)44(40,41)35-26-11-9-25(33)10-12-26/h2-18,31,35,37H,19-22H2,1H3,(H,34,39)/t31-/m1/s1. The summed E-state index contributed by atoms with van der Waals surface area (Å²) < 4.78 is 52.0. The maximum absolute atomic E-state index is 13.7. The first-order valence-electron chi connectivity index (χ1n) is 13.6. The van der Waals surface area contributed by atoms with Crippen LogP contribution in [0.4, 0.5) is 10.1 Å². The molecule has 4 aromatic carbocycles. The maximum atomic E-state index is 13.7. The number of carbonyl (C=O) groups is 2. The minimum absolute atomic E-state index is 0.00844. The number of sulfonamides is 1. The number of rotatable bonds is 14. The van der Waals surface area contributed by atoms with E-state index < -0.39 is 40.3 Å². The van der Waals surface area contributed by atoms with E-state index in [9.17, 15) is 27.5 Å². The van der Waals surface area contributed by atoms with E-state index in [0.717, 1.165) is 17.7 Å². The number of benzene rings is 4. The van der Waals surface area contributed by atoms with Crippen LogP contribution in [0.15, 0.2) is 108 Å². The second-order valence-electron chi connectivity index (χ2n) is 9.57. The van der Waals surface area contributed by atoms with Crippen molar-refractivity contribution in [3.63, 3.8) is 0 Å². The molecule has 0 aliphatic heterocycles. The van der Waals surface area contributed by atoms with Crippen LogP contribution in [0.25, 0.3) is 0 Å².